The van der Waals surface area contributed by atoms with E-state index in [1.165, 1.54) is 12.1 Å². The number of aliphatic hydroxyl groups excluding tert-OH is 1. The first-order valence-corrected chi connectivity index (χ1v) is 11.9. The molecule has 1 aromatic heterocycles. The second-order valence-corrected chi connectivity index (χ2v) is 8.55. The zero-order valence-electron chi connectivity index (χ0n) is 19.3. The number of ether oxygens (including phenoxy) is 1. The van der Waals surface area contributed by atoms with E-state index in [1.807, 2.05) is 0 Å². The number of carbonyl (C=O) groups is 2. The van der Waals surface area contributed by atoms with Crippen LogP contribution in [0, 0.1) is 0 Å². The van der Waals surface area contributed by atoms with Crippen LogP contribution in [0.3, 0.4) is 0 Å². The summed E-state index contributed by atoms with van der Waals surface area (Å²) in [6.07, 6.45) is 0. The maximum absolute atomic E-state index is 13.1. The quantitative estimate of drug-likeness (QED) is 0.197. The van der Waals surface area contributed by atoms with Crippen LogP contribution < -0.4 is 16.0 Å². The highest BCUT2D eigenvalue weighted by atomic mass is 35.5. The number of halogens is 2. The summed E-state index contributed by atoms with van der Waals surface area (Å²) in [5.74, 6) is -0.458. The molecule has 0 spiro atoms. The van der Waals surface area contributed by atoms with Crippen molar-refractivity contribution in [3.05, 3.63) is 76.0 Å². The third-order valence-corrected chi connectivity index (χ3v) is 5.68. The number of anilines is 1. The summed E-state index contributed by atoms with van der Waals surface area (Å²) in [5, 5.41) is 28.2. The van der Waals surface area contributed by atoms with Gasteiger partial charge in [-0.2, -0.15) is 0 Å². The summed E-state index contributed by atoms with van der Waals surface area (Å²) < 4.78 is 11.1. The molecule has 0 saturated heterocycles. The van der Waals surface area contributed by atoms with Gasteiger partial charge in [0.25, 0.3) is 0 Å². The molecule has 5 N–H and O–H groups in total. The van der Waals surface area contributed by atoms with Gasteiger partial charge in [0.2, 0.25) is 5.91 Å². The molecule has 0 aliphatic carbocycles. The Labute approximate surface area is 218 Å². The Bertz CT molecular complexity index is 1170. The molecular formula is C25H27Cl2N3O6. The van der Waals surface area contributed by atoms with Gasteiger partial charge in [0.05, 0.1) is 48.7 Å². The number of hydrogen-bond donors (Lipinski definition) is 5. The minimum absolute atomic E-state index is 0.0101. The molecular weight excluding hydrogens is 509 g/mol. The lowest BCUT2D eigenvalue weighted by molar-refractivity contribution is -0.118. The number of para-hydroxylation sites is 1. The second kappa shape index (κ2) is 14.0. The molecule has 192 valence electrons. The molecule has 1 unspecified atom stereocenters. The molecule has 1 heterocycles. The Kier molecular flexibility index (Phi) is 10.7. The third kappa shape index (κ3) is 8.06. The number of carbonyl (C=O) groups excluding carboxylic acids is 1. The van der Waals surface area contributed by atoms with E-state index in [9.17, 15) is 14.7 Å². The van der Waals surface area contributed by atoms with Crippen molar-refractivity contribution >= 4 is 40.8 Å². The van der Waals surface area contributed by atoms with E-state index < -0.39 is 17.9 Å². The number of hydrogen-bond acceptors (Lipinski definition) is 7. The standard InChI is InChI=1S/C25H27Cl2N3O6/c26-16-5-7-20(27)19(13-16)23-8-6-17(36-23)14-29-22(15-28-9-11-35-12-10-31)24(32)30-21-4-2-1-3-18(21)25(33)34/h1-8,13,22,28-29,31H,9-12,14-15H2,(H,30,32)(H,33,34). The Morgan fingerprint density at radius 3 is 2.64 bits per heavy atom. The zero-order valence-corrected chi connectivity index (χ0v) is 20.8. The summed E-state index contributed by atoms with van der Waals surface area (Å²) >= 11 is 12.3. The summed E-state index contributed by atoms with van der Waals surface area (Å²) in [5.41, 5.74) is 0.840. The molecule has 0 bridgehead atoms. The minimum Gasteiger partial charge on any atom is -0.478 e. The zero-order chi connectivity index (χ0) is 25.9. The van der Waals surface area contributed by atoms with E-state index in [-0.39, 0.29) is 37.6 Å². The number of carboxylic acid groups (broad SMARTS) is 1. The van der Waals surface area contributed by atoms with Gasteiger partial charge in [-0.3, -0.25) is 10.1 Å². The average molecular weight is 536 g/mol. The molecule has 1 atom stereocenters. The molecule has 0 saturated carbocycles. The van der Waals surface area contributed by atoms with Crippen molar-refractivity contribution in [3.8, 4) is 11.3 Å². The van der Waals surface area contributed by atoms with Crippen molar-refractivity contribution in [2.24, 2.45) is 0 Å². The number of aromatic carboxylic acids is 1. The molecule has 2 aromatic carbocycles. The molecule has 0 aliphatic rings. The topological polar surface area (TPSA) is 133 Å². The van der Waals surface area contributed by atoms with E-state index in [2.05, 4.69) is 16.0 Å². The first-order chi connectivity index (χ1) is 17.4. The van der Waals surface area contributed by atoms with Crippen molar-refractivity contribution in [3.63, 3.8) is 0 Å². The monoisotopic (exact) mass is 535 g/mol. The lowest BCUT2D eigenvalue weighted by Gasteiger charge is -2.19. The van der Waals surface area contributed by atoms with Crippen LogP contribution in [0.5, 0.6) is 0 Å². The van der Waals surface area contributed by atoms with Gasteiger partial charge in [-0.25, -0.2) is 4.79 Å². The maximum Gasteiger partial charge on any atom is 0.337 e. The van der Waals surface area contributed by atoms with Crippen LogP contribution in [0.2, 0.25) is 10.0 Å². The molecule has 0 radical (unpaired) electrons. The fourth-order valence-electron chi connectivity index (χ4n) is 3.34. The Balaban J connectivity index is 1.67. The van der Waals surface area contributed by atoms with Crippen LogP contribution in [0.15, 0.2) is 59.0 Å². The summed E-state index contributed by atoms with van der Waals surface area (Å²) in [7, 11) is 0. The molecule has 9 nitrogen and oxygen atoms in total. The molecule has 11 heteroatoms. The van der Waals surface area contributed by atoms with Gasteiger partial charge in [-0.05, 0) is 42.5 Å². The van der Waals surface area contributed by atoms with Crippen LogP contribution in [0.25, 0.3) is 11.3 Å². The second-order valence-electron chi connectivity index (χ2n) is 7.70. The van der Waals surface area contributed by atoms with Gasteiger partial charge in [-0.15, -0.1) is 0 Å². The van der Waals surface area contributed by atoms with Gasteiger partial charge in [0, 0.05) is 23.7 Å². The number of rotatable bonds is 14. The SMILES string of the molecule is O=C(O)c1ccccc1NC(=O)C(CNCCOCCO)NCc1ccc(-c2cc(Cl)ccc2Cl)o1. The van der Waals surface area contributed by atoms with Crippen LogP contribution in [0.4, 0.5) is 5.69 Å². The fourth-order valence-corrected chi connectivity index (χ4v) is 3.72. The molecule has 0 aliphatic heterocycles. The fraction of sp³-hybridized carbons (Fsp3) is 0.280. The highest BCUT2D eigenvalue weighted by Gasteiger charge is 2.21. The first-order valence-electron chi connectivity index (χ1n) is 11.2. The molecule has 3 aromatic rings. The predicted octanol–water partition coefficient (Wildman–Crippen LogP) is 3.65. The Morgan fingerprint density at radius 2 is 1.86 bits per heavy atom. The number of aliphatic hydroxyl groups is 1. The highest BCUT2D eigenvalue weighted by Crippen LogP contribution is 2.31. The maximum atomic E-state index is 13.1. The number of benzene rings is 2. The number of carboxylic acids is 1. The van der Waals surface area contributed by atoms with E-state index in [4.69, 9.17) is 37.5 Å². The van der Waals surface area contributed by atoms with Crippen LogP contribution in [-0.4, -0.2) is 61.0 Å². The van der Waals surface area contributed by atoms with Crippen LogP contribution in [-0.2, 0) is 16.1 Å². The number of nitrogens with one attached hydrogen (secondary N) is 3. The van der Waals surface area contributed by atoms with Crippen molar-refractivity contribution in [2.45, 2.75) is 12.6 Å². The van der Waals surface area contributed by atoms with E-state index in [1.54, 1.807) is 42.5 Å². The Hall–Kier alpha value is -2.92. The van der Waals surface area contributed by atoms with Gasteiger partial charge >= 0.3 is 5.97 Å². The van der Waals surface area contributed by atoms with E-state index in [0.717, 1.165) is 0 Å². The molecule has 36 heavy (non-hydrogen) atoms. The summed E-state index contributed by atoms with van der Waals surface area (Å²) in [4.78, 5) is 24.6. The van der Waals surface area contributed by atoms with Crippen molar-refractivity contribution in [1.29, 1.82) is 0 Å². The number of furan rings is 1. The van der Waals surface area contributed by atoms with Gasteiger partial charge < -0.3 is 30.0 Å². The number of amides is 1. The predicted molar refractivity (Wildman–Crippen MR) is 138 cm³/mol. The van der Waals surface area contributed by atoms with Crippen LogP contribution in [0.1, 0.15) is 16.1 Å². The van der Waals surface area contributed by atoms with Crippen molar-refractivity contribution < 1.29 is 29.0 Å². The van der Waals surface area contributed by atoms with Crippen molar-refractivity contribution in [2.75, 3.05) is 38.2 Å². The first kappa shape index (κ1) is 27.7. The lowest BCUT2D eigenvalue weighted by Crippen LogP contribution is -2.47. The van der Waals surface area contributed by atoms with Gasteiger partial charge in [0.1, 0.15) is 11.5 Å². The van der Waals surface area contributed by atoms with Gasteiger partial charge in [-0.1, -0.05) is 35.3 Å². The largest absolute Gasteiger partial charge is 0.478 e. The molecule has 3 rings (SSSR count). The summed E-state index contributed by atoms with van der Waals surface area (Å²) in [6, 6.07) is 14.1. The smallest absolute Gasteiger partial charge is 0.337 e. The van der Waals surface area contributed by atoms with E-state index in [0.29, 0.717) is 40.3 Å². The lowest BCUT2D eigenvalue weighted by atomic mass is 10.1. The van der Waals surface area contributed by atoms with Crippen molar-refractivity contribution in [1.82, 2.24) is 10.6 Å². The molecule has 0 fully saturated rings. The normalized spacial score (nSPS) is 11.9. The molecule has 1 amide bonds. The summed E-state index contributed by atoms with van der Waals surface area (Å²) in [6.45, 7) is 1.43. The highest BCUT2D eigenvalue weighted by molar-refractivity contribution is 6.35. The minimum atomic E-state index is -1.14. The van der Waals surface area contributed by atoms with Gasteiger partial charge in [0.15, 0.2) is 0 Å². The Morgan fingerprint density at radius 1 is 1.06 bits per heavy atom. The van der Waals surface area contributed by atoms with Crippen LogP contribution >= 0.6 is 23.2 Å². The average Bonchev–Trinajstić information content (AvgIpc) is 3.33. The van der Waals surface area contributed by atoms with E-state index >= 15 is 0 Å². The third-order valence-electron chi connectivity index (χ3n) is 5.12.